The molecule has 1 aliphatic heterocycles. The number of rotatable bonds is 0. The molecule has 0 saturated carbocycles. The molecule has 0 radical (unpaired) electrons. The van der Waals surface area contributed by atoms with Crippen molar-refractivity contribution < 1.29 is 4.74 Å². The standard InChI is InChI=1S/C11H12N2O/c1-8-3-4-9-10(7-8)13-5-2-6-14-11(13)12-9/h3-4,7H,2,5-6H2,1H3. The smallest absolute Gasteiger partial charge is 0.297 e. The lowest BCUT2D eigenvalue weighted by atomic mass is 10.2. The first-order valence-corrected chi connectivity index (χ1v) is 4.94. The summed E-state index contributed by atoms with van der Waals surface area (Å²) in [5, 5.41) is 0. The molecular formula is C11H12N2O. The Hall–Kier alpha value is -1.51. The van der Waals surface area contributed by atoms with E-state index in [1.807, 2.05) is 0 Å². The topological polar surface area (TPSA) is 27.1 Å². The largest absolute Gasteiger partial charge is 0.465 e. The highest BCUT2D eigenvalue weighted by Gasteiger charge is 2.15. The minimum atomic E-state index is 0.775. The van der Waals surface area contributed by atoms with Gasteiger partial charge in [-0.2, -0.15) is 4.98 Å². The number of nitrogens with zero attached hydrogens (tertiary/aromatic N) is 2. The first-order chi connectivity index (χ1) is 6.84. The van der Waals surface area contributed by atoms with Gasteiger partial charge in [-0.05, 0) is 31.0 Å². The van der Waals surface area contributed by atoms with Crippen molar-refractivity contribution in [2.45, 2.75) is 19.9 Å². The van der Waals surface area contributed by atoms with Gasteiger partial charge in [0.1, 0.15) is 0 Å². The first kappa shape index (κ1) is 7.85. The van der Waals surface area contributed by atoms with E-state index < -0.39 is 0 Å². The van der Waals surface area contributed by atoms with Crippen LogP contribution in [0.3, 0.4) is 0 Å². The van der Waals surface area contributed by atoms with Crippen molar-refractivity contribution in [2.75, 3.05) is 6.61 Å². The molecule has 14 heavy (non-hydrogen) atoms. The minimum absolute atomic E-state index is 0.775. The van der Waals surface area contributed by atoms with Crippen LogP contribution < -0.4 is 4.74 Å². The van der Waals surface area contributed by atoms with Crippen LogP contribution in [0.1, 0.15) is 12.0 Å². The number of aryl methyl sites for hydroxylation is 2. The van der Waals surface area contributed by atoms with Gasteiger partial charge in [0.15, 0.2) is 0 Å². The summed E-state index contributed by atoms with van der Waals surface area (Å²) >= 11 is 0. The summed E-state index contributed by atoms with van der Waals surface area (Å²) in [6.07, 6.45) is 1.08. The van der Waals surface area contributed by atoms with Crippen molar-refractivity contribution in [3.05, 3.63) is 23.8 Å². The lowest BCUT2D eigenvalue weighted by Gasteiger charge is -2.14. The zero-order chi connectivity index (χ0) is 9.54. The van der Waals surface area contributed by atoms with E-state index in [1.165, 1.54) is 11.1 Å². The Bertz CT molecular complexity index is 487. The third kappa shape index (κ3) is 1.02. The van der Waals surface area contributed by atoms with Crippen molar-refractivity contribution in [3.8, 4) is 6.01 Å². The van der Waals surface area contributed by atoms with E-state index >= 15 is 0 Å². The normalized spacial score (nSPS) is 15.2. The minimum Gasteiger partial charge on any atom is -0.465 e. The second-order valence-electron chi connectivity index (χ2n) is 3.74. The molecule has 1 aromatic carbocycles. The summed E-state index contributed by atoms with van der Waals surface area (Å²) in [5.41, 5.74) is 3.50. The summed E-state index contributed by atoms with van der Waals surface area (Å²) in [5.74, 6) is 0. The van der Waals surface area contributed by atoms with Crippen LogP contribution in [0, 0.1) is 6.92 Å². The Labute approximate surface area is 82.3 Å². The Balaban J connectivity index is 2.32. The predicted molar refractivity (Wildman–Crippen MR) is 54.6 cm³/mol. The number of aromatic nitrogens is 2. The van der Waals surface area contributed by atoms with E-state index in [0.717, 1.165) is 31.1 Å². The van der Waals surface area contributed by atoms with E-state index in [9.17, 15) is 0 Å². The van der Waals surface area contributed by atoms with Crippen LogP contribution in [0.2, 0.25) is 0 Å². The molecule has 3 nitrogen and oxygen atoms in total. The number of benzene rings is 1. The summed E-state index contributed by atoms with van der Waals surface area (Å²) in [6.45, 7) is 3.92. The van der Waals surface area contributed by atoms with Gasteiger partial charge in [0, 0.05) is 6.54 Å². The van der Waals surface area contributed by atoms with Gasteiger partial charge in [0.25, 0.3) is 6.01 Å². The Kier molecular flexibility index (Phi) is 1.54. The van der Waals surface area contributed by atoms with Gasteiger partial charge in [0.05, 0.1) is 17.6 Å². The number of hydrogen-bond acceptors (Lipinski definition) is 2. The average molecular weight is 188 g/mol. The fourth-order valence-electron chi connectivity index (χ4n) is 1.92. The van der Waals surface area contributed by atoms with Crippen molar-refractivity contribution in [3.63, 3.8) is 0 Å². The van der Waals surface area contributed by atoms with Crippen LogP contribution >= 0.6 is 0 Å². The second kappa shape index (κ2) is 2.74. The molecule has 0 spiro atoms. The molecule has 0 N–H and O–H groups in total. The SMILES string of the molecule is Cc1ccc2nc3n(c2c1)CCCO3. The number of imidazole rings is 1. The van der Waals surface area contributed by atoms with Crippen molar-refractivity contribution in [2.24, 2.45) is 0 Å². The molecule has 0 aliphatic carbocycles. The molecule has 0 bridgehead atoms. The lowest BCUT2D eigenvalue weighted by molar-refractivity contribution is 0.234. The molecule has 0 unspecified atom stereocenters. The van der Waals surface area contributed by atoms with Gasteiger partial charge in [-0.3, -0.25) is 4.57 Å². The van der Waals surface area contributed by atoms with Gasteiger partial charge in [0.2, 0.25) is 0 Å². The third-order valence-electron chi connectivity index (χ3n) is 2.63. The fourth-order valence-corrected chi connectivity index (χ4v) is 1.92. The molecule has 3 heteroatoms. The molecule has 3 rings (SSSR count). The van der Waals surface area contributed by atoms with Gasteiger partial charge < -0.3 is 4.74 Å². The number of ether oxygens (including phenoxy) is 1. The zero-order valence-corrected chi connectivity index (χ0v) is 8.16. The monoisotopic (exact) mass is 188 g/mol. The van der Waals surface area contributed by atoms with E-state index in [0.29, 0.717) is 0 Å². The summed E-state index contributed by atoms with van der Waals surface area (Å²) < 4.78 is 7.66. The van der Waals surface area contributed by atoms with Crippen LogP contribution in [0.25, 0.3) is 11.0 Å². The number of hydrogen-bond donors (Lipinski definition) is 0. The highest BCUT2D eigenvalue weighted by Crippen LogP contribution is 2.25. The quantitative estimate of drug-likeness (QED) is 0.633. The second-order valence-corrected chi connectivity index (χ2v) is 3.74. The summed E-state index contributed by atoms with van der Waals surface area (Å²) in [7, 11) is 0. The Morgan fingerprint density at radius 2 is 2.36 bits per heavy atom. The van der Waals surface area contributed by atoms with Gasteiger partial charge in [-0.15, -0.1) is 0 Å². The van der Waals surface area contributed by atoms with Gasteiger partial charge >= 0.3 is 0 Å². The van der Waals surface area contributed by atoms with Gasteiger partial charge in [-0.25, -0.2) is 0 Å². The Morgan fingerprint density at radius 1 is 1.43 bits per heavy atom. The van der Waals surface area contributed by atoms with Crippen molar-refractivity contribution >= 4 is 11.0 Å². The third-order valence-corrected chi connectivity index (χ3v) is 2.63. The zero-order valence-electron chi connectivity index (χ0n) is 8.16. The first-order valence-electron chi connectivity index (χ1n) is 4.94. The van der Waals surface area contributed by atoms with Crippen molar-refractivity contribution in [1.29, 1.82) is 0 Å². The predicted octanol–water partition coefficient (Wildman–Crippen LogP) is 2.13. The lowest BCUT2D eigenvalue weighted by Crippen LogP contribution is -2.13. The van der Waals surface area contributed by atoms with Crippen LogP contribution in [-0.4, -0.2) is 16.2 Å². The molecule has 1 aromatic heterocycles. The van der Waals surface area contributed by atoms with E-state index in [-0.39, 0.29) is 0 Å². The highest BCUT2D eigenvalue weighted by atomic mass is 16.5. The van der Waals surface area contributed by atoms with E-state index in [4.69, 9.17) is 4.74 Å². The molecular weight excluding hydrogens is 176 g/mol. The van der Waals surface area contributed by atoms with Crippen molar-refractivity contribution in [1.82, 2.24) is 9.55 Å². The summed E-state index contributed by atoms with van der Waals surface area (Å²) in [6, 6.07) is 7.08. The molecule has 1 aliphatic rings. The Morgan fingerprint density at radius 3 is 3.29 bits per heavy atom. The van der Waals surface area contributed by atoms with Gasteiger partial charge in [-0.1, -0.05) is 6.07 Å². The van der Waals surface area contributed by atoms with Crippen LogP contribution in [-0.2, 0) is 6.54 Å². The maximum absolute atomic E-state index is 5.50. The van der Waals surface area contributed by atoms with Crippen LogP contribution in [0.4, 0.5) is 0 Å². The molecule has 72 valence electrons. The molecule has 0 fully saturated rings. The summed E-state index contributed by atoms with van der Waals surface area (Å²) in [4.78, 5) is 4.44. The molecule has 0 amide bonds. The molecule has 2 heterocycles. The maximum atomic E-state index is 5.50. The number of fused-ring (bicyclic) bond motifs is 3. The van der Waals surface area contributed by atoms with Crippen LogP contribution in [0.15, 0.2) is 18.2 Å². The maximum Gasteiger partial charge on any atom is 0.297 e. The molecule has 0 saturated heterocycles. The average Bonchev–Trinajstić information content (AvgIpc) is 2.56. The van der Waals surface area contributed by atoms with E-state index in [1.54, 1.807) is 0 Å². The molecule has 0 atom stereocenters. The highest BCUT2D eigenvalue weighted by molar-refractivity contribution is 5.77. The fraction of sp³-hybridized carbons (Fsp3) is 0.364. The molecule has 2 aromatic rings. The van der Waals surface area contributed by atoms with E-state index in [2.05, 4.69) is 34.7 Å². The van der Waals surface area contributed by atoms with Crippen LogP contribution in [0.5, 0.6) is 6.01 Å².